The summed E-state index contributed by atoms with van der Waals surface area (Å²) in [5.41, 5.74) is 0.751. The fourth-order valence-electron chi connectivity index (χ4n) is 1.69. The Morgan fingerprint density at radius 2 is 1.95 bits per heavy atom. The molecule has 7 heteroatoms. The van der Waals surface area contributed by atoms with Gasteiger partial charge in [-0.25, -0.2) is 0 Å². The second-order valence-corrected chi connectivity index (χ2v) is 4.76. The lowest BCUT2D eigenvalue weighted by atomic mass is 10.1. The Morgan fingerprint density at radius 1 is 1.30 bits per heavy atom. The summed E-state index contributed by atoms with van der Waals surface area (Å²) >= 11 is 3.12. The topological polar surface area (TPSA) is 76.3 Å². The molecule has 0 spiro atoms. The number of pyridine rings is 1. The highest BCUT2D eigenvalue weighted by atomic mass is 79.9. The third-order valence-corrected chi connectivity index (χ3v) is 3.59. The summed E-state index contributed by atoms with van der Waals surface area (Å²) in [4.78, 5) is 28.0. The fourth-order valence-corrected chi connectivity index (χ4v) is 2.27. The SMILES string of the molecule is CN(C(=O)c1cccc([N+](=O)[O-])c1Br)c1ccncc1. The lowest BCUT2D eigenvalue weighted by Crippen LogP contribution is -2.26. The van der Waals surface area contributed by atoms with Gasteiger partial charge in [0.05, 0.1) is 10.5 Å². The molecule has 0 radical (unpaired) electrons. The minimum Gasteiger partial charge on any atom is -0.311 e. The molecule has 0 saturated carbocycles. The van der Waals surface area contributed by atoms with Crippen LogP contribution in [0.4, 0.5) is 11.4 Å². The van der Waals surface area contributed by atoms with Gasteiger partial charge < -0.3 is 4.90 Å². The Labute approximate surface area is 123 Å². The average Bonchev–Trinajstić information content (AvgIpc) is 2.46. The second-order valence-electron chi connectivity index (χ2n) is 3.97. The molecule has 0 unspecified atom stereocenters. The lowest BCUT2D eigenvalue weighted by molar-refractivity contribution is -0.385. The number of rotatable bonds is 3. The summed E-state index contributed by atoms with van der Waals surface area (Å²) in [6, 6.07) is 7.73. The standard InChI is InChI=1S/C13H10BrN3O3/c1-16(9-5-7-15-8-6-9)13(18)10-3-2-4-11(12(10)14)17(19)20/h2-8H,1H3. The summed E-state index contributed by atoms with van der Waals surface area (Å²) in [5.74, 6) is -0.341. The summed E-state index contributed by atoms with van der Waals surface area (Å²) in [6.45, 7) is 0. The van der Waals surface area contributed by atoms with Crippen LogP contribution in [0.5, 0.6) is 0 Å². The molecule has 20 heavy (non-hydrogen) atoms. The van der Waals surface area contributed by atoms with Crippen molar-refractivity contribution in [3.8, 4) is 0 Å². The molecule has 0 aliphatic carbocycles. The Morgan fingerprint density at radius 3 is 2.55 bits per heavy atom. The Hall–Kier alpha value is -2.28. The average molecular weight is 336 g/mol. The minimum absolute atomic E-state index is 0.140. The smallest absolute Gasteiger partial charge is 0.284 e. The van der Waals surface area contributed by atoms with E-state index in [4.69, 9.17) is 0 Å². The van der Waals surface area contributed by atoms with Crippen LogP contribution >= 0.6 is 15.9 Å². The number of hydrogen-bond acceptors (Lipinski definition) is 4. The molecule has 0 N–H and O–H groups in total. The molecule has 6 nitrogen and oxygen atoms in total. The van der Waals surface area contributed by atoms with Crippen LogP contribution in [0.3, 0.4) is 0 Å². The van der Waals surface area contributed by atoms with Crippen molar-refractivity contribution in [3.63, 3.8) is 0 Å². The molecular weight excluding hydrogens is 326 g/mol. The number of benzene rings is 1. The maximum Gasteiger partial charge on any atom is 0.284 e. The van der Waals surface area contributed by atoms with Gasteiger partial charge in [-0.05, 0) is 34.1 Å². The number of nitro benzene ring substituents is 1. The van der Waals surface area contributed by atoms with Crippen LogP contribution in [-0.4, -0.2) is 22.9 Å². The second kappa shape index (κ2) is 5.79. The first-order chi connectivity index (χ1) is 9.52. The third-order valence-electron chi connectivity index (χ3n) is 2.76. The number of anilines is 1. The van der Waals surface area contributed by atoms with Crippen molar-refractivity contribution in [2.24, 2.45) is 0 Å². The maximum atomic E-state index is 12.4. The fraction of sp³-hybridized carbons (Fsp3) is 0.0769. The number of halogens is 1. The predicted molar refractivity (Wildman–Crippen MR) is 77.8 cm³/mol. The van der Waals surface area contributed by atoms with E-state index in [1.165, 1.54) is 23.1 Å². The van der Waals surface area contributed by atoms with E-state index in [0.717, 1.165) is 0 Å². The number of aromatic nitrogens is 1. The molecular formula is C13H10BrN3O3. The molecule has 0 saturated heterocycles. The van der Waals surface area contributed by atoms with Gasteiger partial charge in [0, 0.05) is 31.2 Å². The molecule has 0 aliphatic heterocycles. The number of nitro groups is 1. The first-order valence-corrected chi connectivity index (χ1v) is 6.42. The zero-order valence-corrected chi connectivity index (χ0v) is 12.1. The zero-order chi connectivity index (χ0) is 14.7. The van der Waals surface area contributed by atoms with E-state index in [2.05, 4.69) is 20.9 Å². The maximum absolute atomic E-state index is 12.4. The molecule has 0 bridgehead atoms. The predicted octanol–water partition coefficient (Wildman–Crippen LogP) is 3.03. The van der Waals surface area contributed by atoms with Gasteiger partial charge in [-0.2, -0.15) is 0 Å². The third kappa shape index (κ3) is 2.67. The van der Waals surface area contributed by atoms with Crippen LogP contribution < -0.4 is 4.90 Å². The highest BCUT2D eigenvalue weighted by molar-refractivity contribution is 9.10. The number of carbonyl (C=O) groups is 1. The van der Waals surface area contributed by atoms with Gasteiger partial charge in [-0.1, -0.05) is 6.07 Å². The lowest BCUT2D eigenvalue weighted by Gasteiger charge is -2.17. The van der Waals surface area contributed by atoms with Crippen LogP contribution in [0.1, 0.15) is 10.4 Å². The highest BCUT2D eigenvalue weighted by Crippen LogP contribution is 2.29. The van der Waals surface area contributed by atoms with Gasteiger partial charge in [0.25, 0.3) is 11.6 Å². The van der Waals surface area contributed by atoms with E-state index in [1.54, 1.807) is 31.6 Å². The molecule has 102 valence electrons. The Balaban J connectivity index is 2.40. The van der Waals surface area contributed by atoms with Gasteiger partial charge >= 0.3 is 0 Å². The summed E-state index contributed by atoms with van der Waals surface area (Å²) in [7, 11) is 1.60. The first-order valence-electron chi connectivity index (χ1n) is 5.63. The molecule has 0 atom stereocenters. The summed E-state index contributed by atoms with van der Waals surface area (Å²) in [5, 5.41) is 10.9. The monoisotopic (exact) mass is 335 g/mol. The van der Waals surface area contributed by atoms with E-state index < -0.39 is 4.92 Å². The van der Waals surface area contributed by atoms with E-state index >= 15 is 0 Å². The van der Waals surface area contributed by atoms with Crippen LogP contribution in [0.2, 0.25) is 0 Å². The van der Waals surface area contributed by atoms with Gasteiger partial charge in [0.15, 0.2) is 0 Å². The van der Waals surface area contributed by atoms with Crippen molar-refractivity contribution in [1.82, 2.24) is 4.98 Å². The Bertz CT molecular complexity index is 661. The zero-order valence-electron chi connectivity index (χ0n) is 10.5. The van der Waals surface area contributed by atoms with Crippen molar-refractivity contribution in [3.05, 3.63) is 62.9 Å². The number of hydrogen-bond donors (Lipinski definition) is 0. The molecule has 1 amide bonds. The summed E-state index contributed by atoms with van der Waals surface area (Å²) in [6.07, 6.45) is 3.14. The molecule has 1 heterocycles. The highest BCUT2D eigenvalue weighted by Gasteiger charge is 2.22. The molecule has 0 aliphatic rings. The van der Waals surface area contributed by atoms with Crippen LogP contribution in [0.25, 0.3) is 0 Å². The number of nitrogens with zero attached hydrogens (tertiary/aromatic N) is 3. The van der Waals surface area contributed by atoms with Crippen LogP contribution in [0, 0.1) is 10.1 Å². The molecule has 1 aromatic carbocycles. The number of amides is 1. The molecule has 2 rings (SSSR count). The molecule has 2 aromatic rings. The van der Waals surface area contributed by atoms with Gasteiger partial charge in [-0.3, -0.25) is 19.9 Å². The largest absolute Gasteiger partial charge is 0.311 e. The Kier molecular flexibility index (Phi) is 4.09. The number of carbonyl (C=O) groups excluding carboxylic acids is 1. The van der Waals surface area contributed by atoms with Crippen LogP contribution in [0.15, 0.2) is 47.2 Å². The van der Waals surface area contributed by atoms with Gasteiger partial charge in [0.1, 0.15) is 4.47 Å². The van der Waals surface area contributed by atoms with E-state index in [-0.39, 0.29) is 21.6 Å². The minimum atomic E-state index is -0.534. The molecule has 0 fully saturated rings. The van der Waals surface area contributed by atoms with Crippen molar-refractivity contribution < 1.29 is 9.72 Å². The van der Waals surface area contributed by atoms with Crippen LogP contribution in [-0.2, 0) is 0 Å². The van der Waals surface area contributed by atoms with Crippen molar-refractivity contribution >= 4 is 33.2 Å². The van der Waals surface area contributed by atoms with E-state index in [0.29, 0.717) is 5.69 Å². The van der Waals surface area contributed by atoms with Crippen molar-refractivity contribution in [1.29, 1.82) is 0 Å². The quantitative estimate of drug-likeness (QED) is 0.638. The van der Waals surface area contributed by atoms with Gasteiger partial charge in [-0.15, -0.1) is 0 Å². The summed E-state index contributed by atoms with van der Waals surface area (Å²) < 4.78 is 0.177. The van der Waals surface area contributed by atoms with E-state index in [1.807, 2.05) is 0 Å². The van der Waals surface area contributed by atoms with Gasteiger partial charge in [0.2, 0.25) is 0 Å². The normalized spacial score (nSPS) is 10.1. The molecule has 1 aromatic heterocycles. The van der Waals surface area contributed by atoms with E-state index in [9.17, 15) is 14.9 Å². The first kappa shape index (κ1) is 14.1. The van der Waals surface area contributed by atoms with Crippen molar-refractivity contribution in [2.75, 3.05) is 11.9 Å². The van der Waals surface area contributed by atoms with Crippen molar-refractivity contribution in [2.45, 2.75) is 0 Å².